The molecule has 0 aromatic carbocycles. The summed E-state index contributed by atoms with van der Waals surface area (Å²) < 4.78 is 4.55. The zero-order chi connectivity index (χ0) is 15.6. The lowest BCUT2D eigenvalue weighted by Crippen LogP contribution is -2.34. The number of aliphatic carboxylic acids is 1. The Labute approximate surface area is 114 Å². The number of carbonyl (C=O) groups excluding carboxylic acids is 2. The van der Waals surface area contributed by atoms with Gasteiger partial charge in [-0.15, -0.1) is 0 Å². The molecule has 0 spiro atoms. The Kier molecular flexibility index (Phi) is 9.72. The quantitative estimate of drug-likeness (QED) is 0.775. The van der Waals surface area contributed by atoms with Crippen molar-refractivity contribution in [3.05, 3.63) is 0 Å². The first-order chi connectivity index (χ1) is 8.69. The molecule has 1 unspecified atom stereocenters. The van der Waals surface area contributed by atoms with E-state index in [4.69, 9.17) is 5.11 Å². The molecule has 1 rings (SSSR count). The summed E-state index contributed by atoms with van der Waals surface area (Å²) >= 11 is 0. The van der Waals surface area contributed by atoms with Crippen LogP contribution in [0.2, 0.25) is 0 Å². The summed E-state index contributed by atoms with van der Waals surface area (Å²) in [5.41, 5.74) is -0.318. The van der Waals surface area contributed by atoms with Gasteiger partial charge in [0, 0.05) is 13.5 Å². The molecule has 1 amide bonds. The van der Waals surface area contributed by atoms with Gasteiger partial charge in [-0.2, -0.15) is 0 Å². The van der Waals surface area contributed by atoms with Gasteiger partial charge in [-0.05, 0) is 27.2 Å². The Morgan fingerprint density at radius 3 is 2.00 bits per heavy atom. The first kappa shape index (κ1) is 19.7. The van der Waals surface area contributed by atoms with Gasteiger partial charge in [-0.1, -0.05) is 13.8 Å². The number of carboxylic acids is 1. The fourth-order valence-electron chi connectivity index (χ4n) is 1.24. The summed E-state index contributed by atoms with van der Waals surface area (Å²) in [6.45, 7) is 9.92. The van der Waals surface area contributed by atoms with Crippen molar-refractivity contribution in [2.24, 2.45) is 0 Å². The highest BCUT2D eigenvalue weighted by molar-refractivity contribution is 5.87. The summed E-state index contributed by atoms with van der Waals surface area (Å²) in [5.74, 6) is -0.985. The molecule has 0 bridgehead atoms. The molecule has 1 atom stereocenters. The van der Waals surface area contributed by atoms with Crippen LogP contribution in [0.1, 0.15) is 47.5 Å². The molecule has 0 aromatic heterocycles. The van der Waals surface area contributed by atoms with E-state index >= 15 is 0 Å². The van der Waals surface area contributed by atoms with Crippen molar-refractivity contribution in [2.45, 2.75) is 59.1 Å². The van der Waals surface area contributed by atoms with Gasteiger partial charge in [0.2, 0.25) is 5.91 Å². The van der Waals surface area contributed by atoms with Crippen LogP contribution in [0, 0.1) is 0 Å². The number of carboxylic acid groups (broad SMARTS) is 1. The smallest absolute Gasteiger partial charge is 0.326 e. The number of ether oxygens (including phenoxy) is 1. The lowest BCUT2D eigenvalue weighted by molar-refractivity contribution is -0.145. The molecule has 19 heavy (non-hydrogen) atoms. The van der Waals surface area contributed by atoms with Crippen molar-refractivity contribution >= 4 is 18.3 Å². The highest BCUT2D eigenvalue weighted by atomic mass is 16.5. The van der Waals surface area contributed by atoms with E-state index < -0.39 is 12.0 Å². The normalized spacial score (nSPS) is 17.7. The Morgan fingerprint density at radius 2 is 1.89 bits per heavy atom. The van der Waals surface area contributed by atoms with Crippen molar-refractivity contribution in [3.63, 3.8) is 0 Å². The van der Waals surface area contributed by atoms with E-state index in [0.29, 0.717) is 19.3 Å². The summed E-state index contributed by atoms with van der Waals surface area (Å²) in [7, 11) is 1.52. The Balaban J connectivity index is 0. The Morgan fingerprint density at radius 1 is 1.42 bits per heavy atom. The third kappa shape index (κ3) is 9.04. The summed E-state index contributed by atoms with van der Waals surface area (Å²) in [6, 6.07) is -0.590. The number of likely N-dealkylation sites (N-methyl/N-ethyl adjacent to an activating group) is 1. The number of hydrogen-bond acceptors (Lipinski definition) is 4. The number of rotatable bonds is 2. The first-order valence-corrected chi connectivity index (χ1v) is 6.29. The number of amides is 1. The first-order valence-electron chi connectivity index (χ1n) is 6.29. The van der Waals surface area contributed by atoms with Crippen molar-refractivity contribution in [3.8, 4) is 0 Å². The maximum atomic E-state index is 10.8. The van der Waals surface area contributed by atoms with Crippen LogP contribution in [0.25, 0.3) is 0 Å². The van der Waals surface area contributed by atoms with Gasteiger partial charge < -0.3 is 14.7 Å². The van der Waals surface area contributed by atoms with Gasteiger partial charge >= 0.3 is 5.97 Å². The minimum Gasteiger partial charge on any atom is -0.480 e. The number of likely N-dealkylation sites (tertiary alicyclic amines) is 1. The number of hydrogen-bond donors (Lipinski definition) is 1. The Bertz CT molecular complexity index is 296. The van der Waals surface area contributed by atoms with E-state index in [1.54, 1.807) is 0 Å². The fourth-order valence-corrected chi connectivity index (χ4v) is 1.24. The molecule has 1 saturated heterocycles. The van der Waals surface area contributed by atoms with Crippen LogP contribution in [0.3, 0.4) is 0 Å². The number of nitrogens with zero attached hydrogens (tertiary/aromatic N) is 1. The molecular formula is C13H25NO5. The molecule has 6 nitrogen and oxygen atoms in total. The standard InChI is InChI=1S/C6H9NO3.C5H10O2.C2H6/c1-7-4(6(9)10)2-3-5(7)8;1-5(2,3)7-4-6;1-2/h4H,2-3H2,1H3,(H,9,10);4H,1-3H3;1-2H3. The molecule has 0 radical (unpaired) electrons. The molecule has 0 aliphatic carbocycles. The van der Waals surface area contributed by atoms with Gasteiger partial charge in [0.05, 0.1) is 0 Å². The van der Waals surface area contributed by atoms with Crippen molar-refractivity contribution < 1.29 is 24.2 Å². The third-order valence-electron chi connectivity index (χ3n) is 2.18. The van der Waals surface area contributed by atoms with Gasteiger partial charge in [-0.3, -0.25) is 9.59 Å². The van der Waals surface area contributed by atoms with Crippen molar-refractivity contribution in [1.82, 2.24) is 4.90 Å². The van der Waals surface area contributed by atoms with Gasteiger partial charge in [-0.25, -0.2) is 4.79 Å². The zero-order valence-corrected chi connectivity index (χ0v) is 12.6. The topological polar surface area (TPSA) is 83.9 Å². The van der Waals surface area contributed by atoms with Crippen LogP contribution in [0.4, 0.5) is 0 Å². The molecule has 1 N–H and O–H groups in total. The van der Waals surface area contributed by atoms with E-state index in [9.17, 15) is 14.4 Å². The largest absolute Gasteiger partial charge is 0.480 e. The van der Waals surface area contributed by atoms with Crippen LogP contribution in [0.5, 0.6) is 0 Å². The summed E-state index contributed by atoms with van der Waals surface area (Å²) in [5, 5.41) is 8.51. The molecule has 1 heterocycles. The van der Waals surface area contributed by atoms with Gasteiger partial charge in [0.1, 0.15) is 11.6 Å². The average molecular weight is 275 g/mol. The maximum absolute atomic E-state index is 10.8. The molecule has 6 heteroatoms. The molecule has 1 aliphatic rings. The molecule has 1 aliphatic heterocycles. The third-order valence-corrected chi connectivity index (χ3v) is 2.18. The molecule has 1 fully saturated rings. The summed E-state index contributed by atoms with van der Waals surface area (Å²) in [4.78, 5) is 32.0. The second-order valence-corrected chi connectivity index (χ2v) is 4.72. The van der Waals surface area contributed by atoms with Crippen LogP contribution in [0.15, 0.2) is 0 Å². The zero-order valence-electron chi connectivity index (χ0n) is 12.6. The maximum Gasteiger partial charge on any atom is 0.326 e. The van der Waals surface area contributed by atoms with Crippen LogP contribution in [-0.2, 0) is 19.1 Å². The van der Waals surface area contributed by atoms with Gasteiger partial charge in [0.15, 0.2) is 0 Å². The van der Waals surface area contributed by atoms with E-state index in [1.807, 2.05) is 34.6 Å². The number of carbonyl (C=O) groups is 3. The van der Waals surface area contributed by atoms with E-state index in [-0.39, 0.29) is 11.5 Å². The highest BCUT2D eigenvalue weighted by Gasteiger charge is 2.32. The second kappa shape index (κ2) is 9.35. The lowest BCUT2D eigenvalue weighted by atomic mass is 10.2. The highest BCUT2D eigenvalue weighted by Crippen LogP contribution is 2.15. The molecular weight excluding hydrogens is 250 g/mol. The Hall–Kier alpha value is -1.59. The van der Waals surface area contributed by atoms with E-state index in [2.05, 4.69) is 4.74 Å². The fraction of sp³-hybridized carbons (Fsp3) is 0.769. The summed E-state index contributed by atoms with van der Waals surface area (Å²) in [6.07, 6.45) is 0.818. The average Bonchev–Trinajstić information content (AvgIpc) is 2.62. The molecule has 112 valence electrons. The minimum atomic E-state index is -0.909. The van der Waals surface area contributed by atoms with Crippen LogP contribution < -0.4 is 0 Å². The predicted molar refractivity (Wildman–Crippen MR) is 71.7 cm³/mol. The van der Waals surface area contributed by atoms with E-state index in [1.165, 1.54) is 11.9 Å². The SMILES string of the molecule is CC.CC(C)(C)OC=O.CN1C(=O)CCC1C(=O)O. The monoisotopic (exact) mass is 275 g/mol. The molecule has 0 aromatic rings. The van der Waals surface area contributed by atoms with Gasteiger partial charge in [0.25, 0.3) is 6.47 Å². The minimum absolute atomic E-state index is 0.0765. The van der Waals surface area contributed by atoms with Crippen LogP contribution >= 0.6 is 0 Å². The van der Waals surface area contributed by atoms with Crippen molar-refractivity contribution in [2.75, 3.05) is 7.05 Å². The predicted octanol–water partition coefficient (Wildman–Crippen LogP) is 1.68. The molecule has 0 saturated carbocycles. The van der Waals surface area contributed by atoms with Crippen LogP contribution in [-0.4, -0.2) is 47.0 Å². The van der Waals surface area contributed by atoms with Crippen molar-refractivity contribution in [1.29, 1.82) is 0 Å². The second-order valence-electron chi connectivity index (χ2n) is 4.72. The lowest BCUT2D eigenvalue weighted by Gasteiger charge is -2.14. The van der Waals surface area contributed by atoms with E-state index in [0.717, 1.165) is 0 Å².